The molecule has 0 saturated heterocycles. The average molecular weight is 350 g/mol. The molecule has 3 rings (SSSR count). The van der Waals surface area contributed by atoms with E-state index in [1.165, 1.54) is 29.0 Å². The minimum absolute atomic E-state index is 1.04. The summed E-state index contributed by atoms with van der Waals surface area (Å²) in [6, 6.07) is 10.2. The summed E-state index contributed by atoms with van der Waals surface area (Å²) < 4.78 is 7.75. The first-order valence-corrected chi connectivity index (χ1v) is 8.50. The van der Waals surface area contributed by atoms with Crippen LogP contribution in [0.3, 0.4) is 0 Å². The van der Waals surface area contributed by atoms with Crippen molar-refractivity contribution in [3.05, 3.63) is 51.8 Å². The third-order valence-corrected chi connectivity index (χ3v) is 5.39. The largest absolute Gasteiger partial charge is 0.469 e. The molecule has 1 aromatic carbocycles. The van der Waals surface area contributed by atoms with Gasteiger partial charge in [0, 0.05) is 10.9 Å². The molecule has 0 unspecified atom stereocenters. The molecule has 0 aliphatic carbocycles. The van der Waals surface area contributed by atoms with E-state index in [1.54, 1.807) is 17.6 Å². The van der Waals surface area contributed by atoms with Gasteiger partial charge in [0.1, 0.15) is 5.76 Å². The summed E-state index contributed by atoms with van der Waals surface area (Å²) >= 11 is 5.39. The number of aromatic nitrogens is 1. The number of hydrogen-bond acceptors (Lipinski definition) is 3. The predicted molar refractivity (Wildman–Crippen MR) is 87.3 cm³/mol. The van der Waals surface area contributed by atoms with Crippen LogP contribution in [0.2, 0.25) is 0 Å². The van der Waals surface area contributed by atoms with Gasteiger partial charge < -0.3 is 4.42 Å². The van der Waals surface area contributed by atoms with Gasteiger partial charge in [-0.3, -0.25) is 0 Å². The van der Waals surface area contributed by atoms with Crippen LogP contribution >= 0.6 is 27.3 Å². The van der Waals surface area contributed by atoms with Crippen molar-refractivity contribution < 1.29 is 4.42 Å². The van der Waals surface area contributed by atoms with Crippen LogP contribution in [-0.4, -0.2) is 4.98 Å². The quantitative estimate of drug-likeness (QED) is 0.540. The molecule has 4 heteroatoms. The van der Waals surface area contributed by atoms with E-state index in [0.29, 0.717) is 0 Å². The SMILES string of the molecule is Brc1cccc2nc(CCCCCc3ccco3)sc12. The van der Waals surface area contributed by atoms with Crippen LogP contribution in [-0.2, 0) is 12.8 Å². The van der Waals surface area contributed by atoms with Gasteiger partial charge in [0.2, 0.25) is 0 Å². The lowest BCUT2D eigenvalue weighted by molar-refractivity contribution is 0.495. The number of thiazole rings is 1. The fourth-order valence-electron chi connectivity index (χ4n) is 2.28. The molecule has 2 aromatic heterocycles. The molecule has 104 valence electrons. The van der Waals surface area contributed by atoms with E-state index in [9.17, 15) is 0 Å². The highest BCUT2D eigenvalue weighted by Gasteiger charge is 2.06. The Hall–Kier alpha value is -1.13. The van der Waals surface area contributed by atoms with Gasteiger partial charge in [0.25, 0.3) is 0 Å². The normalized spacial score (nSPS) is 11.2. The van der Waals surface area contributed by atoms with E-state index in [1.807, 2.05) is 18.2 Å². The van der Waals surface area contributed by atoms with Crippen molar-refractivity contribution >= 4 is 37.5 Å². The van der Waals surface area contributed by atoms with Crippen LogP contribution in [0.15, 0.2) is 45.5 Å². The lowest BCUT2D eigenvalue weighted by Crippen LogP contribution is -1.87. The van der Waals surface area contributed by atoms with Gasteiger partial charge in [-0.25, -0.2) is 4.98 Å². The van der Waals surface area contributed by atoms with Crippen LogP contribution in [0.4, 0.5) is 0 Å². The van der Waals surface area contributed by atoms with Gasteiger partial charge in [0.05, 0.1) is 21.5 Å². The van der Waals surface area contributed by atoms with Crippen molar-refractivity contribution in [2.75, 3.05) is 0 Å². The van der Waals surface area contributed by atoms with E-state index < -0.39 is 0 Å². The van der Waals surface area contributed by atoms with E-state index in [2.05, 4.69) is 28.1 Å². The Morgan fingerprint density at radius 3 is 2.75 bits per heavy atom. The summed E-state index contributed by atoms with van der Waals surface area (Å²) in [5.41, 5.74) is 1.11. The Balaban J connectivity index is 1.49. The summed E-state index contributed by atoms with van der Waals surface area (Å²) in [6.45, 7) is 0. The molecule has 0 fully saturated rings. The number of nitrogens with zero attached hydrogens (tertiary/aromatic N) is 1. The maximum atomic E-state index is 5.34. The number of benzene rings is 1. The Morgan fingerprint density at radius 1 is 1.05 bits per heavy atom. The molecule has 20 heavy (non-hydrogen) atoms. The van der Waals surface area contributed by atoms with Crippen molar-refractivity contribution in [2.45, 2.75) is 32.1 Å². The maximum absolute atomic E-state index is 5.34. The molecule has 0 spiro atoms. The van der Waals surface area contributed by atoms with Crippen molar-refractivity contribution in [3.63, 3.8) is 0 Å². The van der Waals surface area contributed by atoms with Crippen molar-refractivity contribution in [3.8, 4) is 0 Å². The highest BCUT2D eigenvalue weighted by molar-refractivity contribution is 9.10. The van der Waals surface area contributed by atoms with Crippen LogP contribution in [0, 0.1) is 0 Å². The average Bonchev–Trinajstić information content (AvgIpc) is 3.08. The van der Waals surface area contributed by atoms with Gasteiger partial charge in [-0.05, 0) is 59.5 Å². The second-order valence-corrected chi connectivity index (χ2v) is 6.77. The number of fused-ring (bicyclic) bond motifs is 1. The Bertz CT molecular complexity index is 675. The fraction of sp³-hybridized carbons (Fsp3) is 0.312. The fourth-order valence-corrected chi connectivity index (χ4v) is 3.88. The Morgan fingerprint density at radius 2 is 1.95 bits per heavy atom. The number of aryl methyl sites for hydroxylation is 2. The van der Waals surface area contributed by atoms with Gasteiger partial charge in [0.15, 0.2) is 0 Å². The first-order valence-electron chi connectivity index (χ1n) is 6.89. The van der Waals surface area contributed by atoms with Crippen molar-refractivity contribution in [1.29, 1.82) is 0 Å². The van der Waals surface area contributed by atoms with E-state index in [0.717, 1.165) is 28.6 Å². The van der Waals surface area contributed by atoms with Crippen LogP contribution < -0.4 is 0 Å². The molecular formula is C16H16BrNOS. The summed E-state index contributed by atoms with van der Waals surface area (Å²) in [6.07, 6.45) is 7.45. The molecule has 3 aromatic rings. The second-order valence-electron chi connectivity index (χ2n) is 4.84. The van der Waals surface area contributed by atoms with E-state index in [4.69, 9.17) is 9.40 Å². The molecular weight excluding hydrogens is 334 g/mol. The third-order valence-electron chi connectivity index (χ3n) is 3.31. The van der Waals surface area contributed by atoms with Crippen molar-refractivity contribution in [2.24, 2.45) is 0 Å². The summed E-state index contributed by atoms with van der Waals surface area (Å²) in [7, 11) is 0. The first-order chi connectivity index (χ1) is 9.83. The predicted octanol–water partition coefficient (Wildman–Crippen LogP) is 5.61. The monoisotopic (exact) mass is 349 g/mol. The topological polar surface area (TPSA) is 26.0 Å². The molecule has 2 nitrogen and oxygen atoms in total. The minimum atomic E-state index is 1.04. The third kappa shape index (κ3) is 3.30. The molecule has 0 bridgehead atoms. The lowest BCUT2D eigenvalue weighted by atomic mass is 10.1. The summed E-state index contributed by atoms with van der Waals surface area (Å²) in [5.74, 6) is 1.09. The highest BCUT2D eigenvalue weighted by Crippen LogP contribution is 2.30. The number of hydrogen-bond donors (Lipinski definition) is 0. The first kappa shape index (κ1) is 13.8. The Kier molecular flexibility index (Phi) is 4.53. The molecule has 0 aliphatic rings. The molecule has 0 N–H and O–H groups in total. The van der Waals surface area contributed by atoms with Gasteiger partial charge >= 0.3 is 0 Å². The molecule has 2 heterocycles. The number of unbranched alkanes of at least 4 members (excludes halogenated alkanes) is 2. The van der Waals surface area contributed by atoms with E-state index >= 15 is 0 Å². The second kappa shape index (κ2) is 6.55. The van der Waals surface area contributed by atoms with Crippen molar-refractivity contribution in [1.82, 2.24) is 4.98 Å². The van der Waals surface area contributed by atoms with E-state index in [-0.39, 0.29) is 0 Å². The van der Waals surface area contributed by atoms with Gasteiger partial charge in [-0.1, -0.05) is 12.5 Å². The molecule has 0 amide bonds. The summed E-state index contributed by atoms with van der Waals surface area (Å²) in [4.78, 5) is 4.69. The van der Waals surface area contributed by atoms with Crippen LogP contribution in [0.5, 0.6) is 0 Å². The molecule has 0 radical (unpaired) electrons. The standard InChI is InChI=1S/C16H16BrNOS/c17-13-8-4-9-14-16(13)20-15(18-14)10-3-1-2-6-12-7-5-11-19-12/h4-5,7-9,11H,1-3,6,10H2. The van der Waals surface area contributed by atoms with Gasteiger partial charge in [-0.15, -0.1) is 11.3 Å². The molecule has 0 saturated carbocycles. The number of furan rings is 1. The lowest BCUT2D eigenvalue weighted by Gasteiger charge is -1.97. The smallest absolute Gasteiger partial charge is 0.103 e. The maximum Gasteiger partial charge on any atom is 0.103 e. The zero-order valence-electron chi connectivity index (χ0n) is 11.1. The van der Waals surface area contributed by atoms with Gasteiger partial charge in [-0.2, -0.15) is 0 Å². The highest BCUT2D eigenvalue weighted by atomic mass is 79.9. The number of halogens is 1. The zero-order chi connectivity index (χ0) is 13.8. The Labute approximate surface area is 131 Å². The minimum Gasteiger partial charge on any atom is -0.469 e. The zero-order valence-corrected chi connectivity index (χ0v) is 13.5. The summed E-state index contributed by atoms with van der Waals surface area (Å²) in [5, 5.41) is 1.24. The van der Waals surface area contributed by atoms with Crippen LogP contribution in [0.25, 0.3) is 10.2 Å². The van der Waals surface area contributed by atoms with Crippen LogP contribution in [0.1, 0.15) is 30.0 Å². The molecule has 0 aliphatic heterocycles. The molecule has 0 atom stereocenters. The number of rotatable bonds is 6.